The molecule has 0 saturated carbocycles. The van der Waals surface area contributed by atoms with Gasteiger partial charge in [-0.05, 0) is 29.8 Å². The largest absolute Gasteiger partial charge is 0.383 e. The molecule has 0 aliphatic carbocycles. The Kier molecular flexibility index (Phi) is 7.18. The first-order valence-electron chi connectivity index (χ1n) is 11.1. The number of benzene rings is 2. The smallest absolute Gasteiger partial charge is 0.262 e. The van der Waals surface area contributed by atoms with Crippen molar-refractivity contribution in [3.05, 3.63) is 95.6 Å². The molecule has 4 rings (SSSR count). The molecule has 1 aliphatic rings. The van der Waals surface area contributed by atoms with E-state index in [9.17, 15) is 14.0 Å². The Labute approximate surface area is 198 Å². The van der Waals surface area contributed by atoms with Gasteiger partial charge in [0.25, 0.3) is 11.8 Å². The van der Waals surface area contributed by atoms with E-state index in [4.69, 9.17) is 4.74 Å². The number of nitrogens with zero attached hydrogens (tertiary/aromatic N) is 4. The lowest BCUT2D eigenvalue weighted by atomic mass is 10.0. The average molecular weight is 463 g/mol. The zero-order valence-corrected chi connectivity index (χ0v) is 19.2. The molecule has 34 heavy (non-hydrogen) atoms. The highest BCUT2D eigenvalue weighted by atomic mass is 19.1. The Balaban J connectivity index is 1.62. The molecule has 0 fully saturated rings. The van der Waals surface area contributed by atoms with Crippen molar-refractivity contribution in [2.75, 3.05) is 26.8 Å². The molecule has 0 radical (unpaired) electrons. The molecule has 1 aromatic heterocycles. The molecule has 0 bridgehead atoms. The Morgan fingerprint density at radius 3 is 2.50 bits per heavy atom. The molecule has 2 amide bonds. The number of aryl methyl sites for hydroxylation is 1. The van der Waals surface area contributed by atoms with Gasteiger partial charge in [0.1, 0.15) is 12.4 Å². The molecule has 8 heteroatoms. The topological polar surface area (TPSA) is 67.1 Å². The van der Waals surface area contributed by atoms with Crippen LogP contribution in [0.4, 0.5) is 4.39 Å². The molecule has 0 unspecified atom stereocenters. The first kappa shape index (κ1) is 23.4. The quantitative estimate of drug-likeness (QED) is 0.514. The van der Waals surface area contributed by atoms with Crippen LogP contribution in [0, 0.1) is 5.82 Å². The van der Waals surface area contributed by atoms with E-state index in [1.807, 2.05) is 60.3 Å². The van der Waals surface area contributed by atoms with E-state index in [0.29, 0.717) is 6.42 Å². The minimum atomic E-state index is -0.630. The van der Waals surface area contributed by atoms with Crippen LogP contribution in [0.3, 0.4) is 0 Å². The van der Waals surface area contributed by atoms with Gasteiger partial charge in [0.2, 0.25) is 0 Å². The van der Waals surface area contributed by atoms with E-state index in [2.05, 4.69) is 5.10 Å². The number of rotatable bonds is 8. The molecule has 2 heterocycles. The zero-order valence-electron chi connectivity index (χ0n) is 19.2. The molecule has 176 valence electrons. The van der Waals surface area contributed by atoms with E-state index in [1.54, 1.807) is 6.07 Å². The standard InChI is InChI=1S/C26H27FN4O3/c1-29-14-8-13-23(29)22-17-24(19-9-4-3-5-10-19)31(28-22)25(32)18-30(15-16-34-2)26(33)20-11-6-7-12-21(20)27/h3-14,24H,15-18H2,1-2H3/t24-/m0/s1. The third-order valence-electron chi connectivity index (χ3n) is 5.87. The van der Waals surface area contributed by atoms with Crippen molar-refractivity contribution < 1.29 is 18.7 Å². The fourth-order valence-electron chi connectivity index (χ4n) is 4.09. The number of hydrazone groups is 1. The van der Waals surface area contributed by atoms with E-state index in [-0.39, 0.29) is 37.2 Å². The molecule has 1 atom stereocenters. The Morgan fingerprint density at radius 1 is 1.09 bits per heavy atom. The van der Waals surface area contributed by atoms with E-state index < -0.39 is 11.7 Å². The fraction of sp³-hybridized carbons (Fsp3) is 0.269. The second-order valence-corrected chi connectivity index (χ2v) is 8.12. The first-order chi connectivity index (χ1) is 16.5. The van der Waals surface area contributed by atoms with Gasteiger partial charge in [-0.3, -0.25) is 9.59 Å². The predicted octanol–water partition coefficient (Wildman–Crippen LogP) is 3.63. The molecule has 0 saturated heterocycles. The van der Waals surface area contributed by atoms with Crippen LogP contribution >= 0.6 is 0 Å². The van der Waals surface area contributed by atoms with Crippen LogP contribution in [0.25, 0.3) is 0 Å². The van der Waals surface area contributed by atoms with Gasteiger partial charge in [-0.25, -0.2) is 9.40 Å². The lowest BCUT2D eigenvalue weighted by Gasteiger charge is -2.27. The second kappa shape index (κ2) is 10.4. The van der Waals surface area contributed by atoms with E-state index in [1.165, 1.54) is 35.2 Å². The van der Waals surface area contributed by atoms with Crippen molar-refractivity contribution in [1.29, 1.82) is 0 Å². The number of hydrogen-bond acceptors (Lipinski definition) is 4. The summed E-state index contributed by atoms with van der Waals surface area (Å²) in [4.78, 5) is 27.9. The highest BCUT2D eigenvalue weighted by Crippen LogP contribution is 2.33. The third-order valence-corrected chi connectivity index (χ3v) is 5.87. The van der Waals surface area contributed by atoms with Crippen molar-refractivity contribution in [3.63, 3.8) is 0 Å². The zero-order chi connectivity index (χ0) is 24.1. The van der Waals surface area contributed by atoms with Crippen molar-refractivity contribution >= 4 is 17.5 Å². The number of hydrogen-bond donors (Lipinski definition) is 0. The summed E-state index contributed by atoms with van der Waals surface area (Å²) in [5.41, 5.74) is 2.58. The molecule has 7 nitrogen and oxygen atoms in total. The van der Waals surface area contributed by atoms with Crippen molar-refractivity contribution in [2.45, 2.75) is 12.5 Å². The van der Waals surface area contributed by atoms with Crippen LogP contribution in [0.15, 0.2) is 78.0 Å². The molecule has 2 aromatic carbocycles. The summed E-state index contributed by atoms with van der Waals surface area (Å²) in [7, 11) is 3.44. The third kappa shape index (κ3) is 4.92. The van der Waals surface area contributed by atoms with Gasteiger partial charge in [-0.1, -0.05) is 42.5 Å². The van der Waals surface area contributed by atoms with Crippen LogP contribution in [0.5, 0.6) is 0 Å². The monoisotopic (exact) mass is 462 g/mol. The number of carbonyl (C=O) groups excluding carboxylic acids is 2. The molecular formula is C26H27FN4O3. The summed E-state index contributed by atoms with van der Waals surface area (Å²) in [5, 5.41) is 6.12. The van der Waals surface area contributed by atoms with Crippen LogP contribution in [0.1, 0.15) is 34.1 Å². The second-order valence-electron chi connectivity index (χ2n) is 8.12. The van der Waals surface area contributed by atoms with Gasteiger partial charge in [-0.15, -0.1) is 0 Å². The summed E-state index contributed by atoms with van der Waals surface area (Å²) < 4.78 is 21.4. The number of halogens is 1. The lowest BCUT2D eigenvalue weighted by molar-refractivity contribution is -0.133. The van der Waals surface area contributed by atoms with E-state index >= 15 is 0 Å². The maximum Gasteiger partial charge on any atom is 0.262 e. The van der Waals surface area contributed by atoms with Crippen LogP contribution in [-0.2, 0) is 16.6 Å². The molecule has 1 aliphatic heterocycles. The number of ether oxygens (including phenoxy) is 1. The van der Waals surface area contributed by atoms with Gasteiger partial charge in [0, 0.05) is 33.3 Å². The minimum absolute atomic E-state index is 0.0829. The van der Waals surface area contributed by atoms with Gasteiger partial charge in [0.15, 0.2) is 0 Å². The lowest BCUT2D eigenvalue weighted by Crippen LogP contribution is -2.43. The molecule has 3 aromatic rings. The van der Waals surface area contributed by atoms with Crippen LogP contribution in [-0.4, -0.2) is 58.8 Å². The first-order valence-corrected chi connectivity index (χ1v) is 11.1. The molecule has 0 spiro atoms. The number of carbonyl (C=O) groups is 2. The van der Waals surface area contributed by atoms with Crippen molar-refractivity contribution in [1.82, 2.24) is 14.5 Å². The fourth-order valence-corrected chi connectivity index (χ4v) is 4.09. The average Bonchev–Trinajstić information content (AvgIpc) is 3.48. The predicted molar refractivity (Wildman–Crippen MR) is 127 cm³/mol. The van der Waals surface area contributed by atoms with Crippen molar-refractivity contribution in [2.24, 2.45) is 12.1 Å². The number of aromatic nitrogens is 1. The van der Waals surface area contributed by atoms with Crippen LogP contribution < -0.4 is 0 Å². The molecule has 0 N–H and O–H groups in total. The van der Waals surface area contributed by atoms with Crippen molar-refractivity contribution in [3.8, 4) is 0 Å². The highest BCUT2D eigenvalue weighted by molar-refractivity contribution is 6.02. The summed E-state index contributed by atoms with van der Waals surface area (Å²) in [5.74, 6) is -1.54. The maximum atomic E-state index is 14.3. The summed E-state index contributed by atoms with van der Waals surface area (Å²) in [6, 6.07) is 19.0. The summed E-state index contributed by atoms with van der Waals surface area (Å²) >= 11 is 0. The van der Waals surface area contributed by atoms with Crippen LogP contribution in [0.2, 0.25) is 0 Å². The van der Waals surface area contributed by atoms with Gasteiger partial charge in [-0.2, -0.15) is 5.10 Å². The SMILES string of the molecule is COCCN(CC(=O)N1N=C(c2cccn2C)C[C@H]1c1ccccc1)C(=O)c1ccccc1F. The highest BCUT2D eigenvalue weighted by Gasteiger charge is 2.35. The number of methoxy groups -OCH3 is 1. The Morgan fingerprint density at radius 2 is 1.82 bits per heavy atom. The summed E-state index contributed by atoms with van der Waals surface area (Å²) in [6.07, 6.45) is 2.48. The normalized spacial score (nSPS) is 15.3. The molecular weight excluding hydrogens is 435 g/mol. The van der Waals surface area contributed by atoms with Gasteiger partial charge < -0.3 is 14.2 Å². The van der Waals surface area contributed by atoms with E-state index in [0.717, 1.165) is 17.0 Å². The Bertz CT molecular complexity index is 1190. The summed E-state index contributed by atoms with van der Waals surface area (Å²) in [6.45, 7) is 0.116. The Hall–Kier alpha value is -3.78. The van der Waals surface area contributed by atoms with Gasteiger partial charge in [0.05, 0.1) is 29.6 Å². The van der Waals surface area contributed by atoms with Gasteiger partial charge >= 0.3 is 0 Å². The number of amides is 2. The minimum Gasteiger partial charge on any atom is -0.383 e. The maximum absolute atomic E-state index is 14.3.